The van der Waals surface area contributed by atoms with Gasteiger partial charge in [-0.15, -0.1) is 0 Å². The molecule has 0 unspecified atom stereocenters. The van der Waals surface area contributed by atoms with Gasteiger partial charge in [0.25, 0.3) is 0 Å². The second kappa shape index (κ2) is 6.66. The molecule has 0 fully saturated rings. The van der Waals surface area contributed by atoms with E-state index in [0.29, 0.717) is 11.8 Å². The average molecular weight is 231 g/mol. The molecule has 0 atom stereocenters. The van der Waals surface area contributed by atoms with Gasteiger partial charge in [0.15, 0.2) is 0 Å². The van der Waals surface area contributed by atoms with Crippen molar-refractivity contribution in [2.24, 2.45) is 11.8 Å². The van der Waals surface area contributed by atoms with Gasteiger partial charge < -0.3 is 8.85 Å². The predicted molar refractivity (Wildman–Crippen MR) is 67.0 cm³/mol. The molecule has 0 aliphatic carbocycles. The Kier molecular flexibility index (Phi) is 6.72. The lowest BCUT2D eigenvalue weighted by Gasteiger charge is -2.28. The monoisotopic (exact) mass is 231 g/mol. The molecule has 0 bridgehead atoms. The maximum Gasteiger partial charge on any atom is 0.390 e. The highest BCUT2D eigenvalue weighted by Crippen LogP contribution is 2.28. The molecule has 0 rings (SSSR count). The molecule has 0 aliphatic rings. The normalized spacial score (nSPS) is 13.2. The van der Waals surface area contributed by atoms with Gasteiger partial charge in [-0.3, -0.25) is 0 Å². The van der Waals surface area contributed by atoms with Crippen LogP contribution < -0.4 is 0 Å². The molecule has 3 heteroatoms. The standard InChI is InChI=1S/C12H27O2Si/c1-10(2)8-13-15(12(5,6)7)14-9-11(3)4/h10-11H,8-9H2,1-7H3. The van der Waals surface area contributed by atoms with E-state index in [1.54, 1.807) is 0 Å². The van der Waals surface area contributed by atoms with Crippen LogP contribution in [0.5, 0.6) is 0 Å². The molecule has 0 aliphatic heterocycles. The van der Waals surface area contributed by atoms with Crippen molar-refractivity contribution in [3.8, 4) is 0 Å². The molecule has 0 amide bonds. The Morgan fingerprint density at radius 2 is 1.20 bits per heavy atom. The SMILES string of the molecule is CC(C)CO[Si](OCC(C)C)C(C)(C)C. The Morgan fingerprint density at radius 3 is 1.40 bits per heavy atom. The molecular formula is C12H27O2Si. The zero-order valence-corrected chi connectivity index (χ0v) is 12.4. The molecule has 0 aromatic carbocycles. The van der Waals surface area contributed by atoms with Gasteiger partial charge in [-0.1, -0.05) is 48.5 Å². The fraction of sp³-hybridized carbons (Fsp3) is 1.00. The molecule has 0 heterocycles. The van der Waals surface area contributed by atoms with Crippen LogP contribution in [0.25, 0.3) is 0 Å². The second-order valence-electron chi connectivity index (χ2n) is 5.95. The summed E-state index contributed by atoms with van der Waals surface area (Å²) < 4.78 is 11.8. The van der Waals surface area contributed by atoms with E-state index in [9.17, 15) is 0 Å². The van der Waals surface area contributed by atoms with E-state index in [2.05, 4.69) is 48.5 Å². The molecule has 0 saturated carbocycles. The summed E-state index contributed by atoms with van der Waals surface area (Å²) in [5, 5.41) is 0.147. The number of hydrogen-bond acceptors (Lipinski definition) is 2. The highest BCUT2D eigenvalue weighted by molar-refractivity contribution is 6.48. The van der Waals surface area contributed by atoms with Crippen LogP contribution in [0.1, 0.15) is 48.5 Å². The third-order valence-corrected chi connectivity index (χ3v) is 3.79. The largest absolute Gasteiger partial charge is 0.393 e. The number of rotatable bonds is 6. The van der Waals surface area contributed by atoms with Crippen molar-refractivity contribution >= 4 is 9.28 Å². The summed E-state index contributed by atoms with van der Waals surface area (Å²) in [4.78, 5) is 0. The maximum atomic E-state index is 5.90. The fourth-order valence-electron chi connectivity index (χ4n) is 0.959. The van der Waals surface area contributed by atoms with Crippen molar-refractivity contribution in [3.05, 3.63) is 0 Å². The first kappa shape index (κ1) is 15.1. The van der Waals surface area contributed by atoms with Crippen molar-refractivity contribution in [1.82, 2.24) is 0 Å². The van der Waals surface area contributed by atoms with Gasteiger partial charge in [-0.25, -0.2) is 0 Å². The van der Waals surface area contributed by atoms with E-state index < -0.39 is 9.28 Å². The Hall–Kier alpha value is 0.137. The summed E-state index contributed by atoms with van der Waals surface area (Å²) in [6.45, 7) is 16.9. The van der Waals surface area contributed by atoms with Crippen LogP contribution in [0.3, 0.4) is 0 Å². The Morgan fingerprint density at radius 1 is 0.867 bits per heavy atom. The first-order chi connectivity index (χ1) is 6.73. The molecule has 0 aromatic heterocycles. The molecule has 2 nitrogen and oxygen atoms in total. The Bertz CT molecular complexity index is 149. The molecule has 0 spiro atoms. The summed E-state index contributed by atoms with van der Waals surface area (Å²) in [6, 6.07) is 0. The molecular weight excluding hydrogens is 204 g/mol. The molecule has 91 valence electrons. The first-order valence-electron chi connectivity index (χ1n) is 5.86. The van der Waals surface area contributed by atoms with Gasteiger partial charge in [-0.05, 0) is 11.8 Å². The summed E-state index contributed by atoms with van der Waals surface area (Å²) in [6.07, 6.45) is 0. The minimum atomic E-state index is -1.15. The smallest absolute Gasteiger partial charge is 0.390 e. The van der Waals surface area contributed by atoms with E-state index in [0.717, 1.165) is 13.2 Å². The van der Waals surface area contributed by atoms with Crippen molar-refractivity contribution in [2.45, 2.75) is 53.5 Å². The molecule has 0 saturated heterocycles. The van der Waals surface area contributed by atoms with Crippen molar-refractivity contribution in [3.63, 3.8) is 0 Å². The third kappa shape index (κ3) is 8.00. The Balaban J connectivity index is 4.08. The fourth-order valence-corrected chi connectivity index (χ4v) is 2.88. The molecule has 1 radical (unpaired) electrons. The first-order valence-corrected chi connectivity index (χ1v) is 7.18. The predicted octanol–water partition coefficient (Wildman–Crippen LogP) is 3.62. The molecule has 15 heavy (non-hydrogen) atoms. The lowest BCUT2D eigenvalue weighted by molar-refractivity contribution is 0.148. The highest BCUT2D eigenvalue weighted by Gasteiger charge is 2.32. The van der Waals surface area contributed by atoms with Crippen LogP contribution in [0.15, 0.2) is 0 Å². The van der Waals surface area contributed by atoms with Gasteiger partial charge in [0.2, 0.25) is 0 Å². The summed E-state index contributed by atoms with van der Waals surface area (Å²) in [7, 11) is -1.15. The van der Waals surface area contributed by atoms with Crippen LogP contribution in [0.4, 0.5) is 0 Å². The van der Waals surface area contributed by atoms with E-state index >= 15 is 0 Å². The van der Waals surface area contributed by atoms with Crippen LogP contribution in [0, 0.1) is 11.8 Å². The van der Waals surface area contributed by atoms with Gasteiger partial charge >= 0.3 is 9.28 Å². The van der Waals surface area contributed by atoms with Crippen LogP contribution in [-0.4, -0.2) is 22.5 Å². The van der Waals surface area contributed by atoms with Crippen molar-refractivity contribution in [2.75, 3.05) is 13.2 Å². The third-order valence-electron chi connectivity index (χ3n) is 1.71. The van der Waals surface area contributed by atoms with E-state index in [-0.39, 0.29) is 5.04 Å². The summed E-state index contributed by atoms with van der Waals surface area (Å²) in [5.41, 5.74) is 0. The van der Waals surface area contributed by atoms with Crippen LogP contribution >= 0.6 is 0 Å². The Labute approximate surface area is 97.2 Å². The maximum absolute atomic E-state index is 5.90. The van der Waals surface area contributed by atoms with E-state index in [1.807, 2.05) is 0 Å². The van der Waals surface area contributed by atoms with Crippen molar-refractivity contribution in [1.29, 1.82) is 0 Å². The molecule has 0 aromatic rings. The summed E-state index contributed by atoms with van der Waals surface area (Å²) in [5.74, 6) is 1.16. The average Bonchev–Trinajstić information content (AvgIpc) is 2.00. The molecule has 0 N–H and O–H groups in total. The van der Waals surface area contributed by atoms with Gasteiger partial charge in [-0.2, -0.15) is 0 Å². The quantitative estimate of drug-likeness (QED) is 0.650. The van der Waals surface area contributed by atoms with E-state index in [1.165, 1.54) is 0 Å². The second-order valence-corrected chi connectivity index (χ2v) is 8.60. The number of hydrogen-bond donors (Lipinski definition) is 0. The van der Waals surface area contributed by atoms with Crippen molar-refractivity contribution < 1.29 is 8.85 Å². The van der Waals surface area contributed by atoms with Crippen LogP contribution in [-0.2, 0) is 8.85 Å². The zero-order valence-electron chi connectivity index (χ0n) is 11.4. The van der Waals surface area contributed by atoms with E-state index in [4.69, 9.17) is 8.85 Å². The minimum Gasteiger partial charge on any atom is -0.393 e. The topological polar surface area (TPSA) is 18.5 Å². The lowest BCUT2D eigenvalue weighted by atomic mass is 10.2. The van der Waals surface area contributed by atoms with Gasteiger partial charge in [0.05, 0.1) is 0 Å². The summed E-state index contributed by atoms with van der Waals surface area (Å²) >= 11 is 0. The van der Waals surface area contributed by atoms with Gasteiger partial charge in [0.1, 0.15) is 0 Å². The van der Waals surface area contributed by atoms with Gasteiger partial charge in [0, 0.05) is 18.3 Å². The lowest BCUT2D eigenvalue weighted by Crippen LogP contribution is -2.35. The minimum absolute atomic E-state index is 0.147. The highest BCUT2D eigenvalue weighted by atomic mass is 28.3. The zero-order chi connectivity index (χ0) is 12.1. The van der Waals surface area contributed by atoms with Crippen LogP contribution in [0.2, 0.25) is 5.04 Å².